The molecule has 0 saturated heterocycles. The second-order valence-corrected chi connectivity index (χ2v) is 4.18. The molecule has 0 spiro atoms. The van der Waals surface area contributed by atoms with Crippen molar-refractivity contribution >= 4 is 11.9 Å². The van der Waals surface area contributed by atoms with E-state index in [-0.39, 0.29) is 18.9 Å². The largest absolute Gasteiger partial charge is 0.479 e. The Balaban J connectivity index is 2.74. The zero-order valence-electron chi connectivity index (χ0n) is 10.7. The van der Waals surface area contributed by atoms with E-state index in [1.54, 1.807) is 7.05 Å². The van der Waals surface area contributed by atoms with Crippen molar-refractivity contribution in [2.24, 2.45) is 0 Å². The average Bonchev–Trinajstić information content (AvgIpc) is 2.38. The number of carboxylic acids is 1. The summed E-state index contributed by atoms with van der Waals surface area (Å²) in [7, 11) is 1.61. The summed E-state index contributed by atoms with van der Waals surface area (Å²) in [5.74, 6) is -1.71. The number of aliphatic hydroxyl groups excluding tert-OH is 1. The number of hydrogen-bond donors (Lipinski definition) is 4. The van der Waals surface area contributed by atoms with Crippen LogP contribution in [-0.4, -0.2) is 47.8 Å². The van der Waals surface area contributed by atoms with E-state index < -0.39 is 18.1 Å². The number of rotatable bonds is 7. The summed E-state index contributed by atoms with van der Waals surface area (Å²) in [6, 6.07) is 8.23. The molecule has 4 N–H and O–H groups in total. The number of benzene rings is 1. The monoisotopic (exact) mass is 266 g/mol. The van der Waals surface area contributed by atoms with E-state index in [0.29, 0.717) is 0 Å². The Morgan fingerprint density at radius 1 is 1.26 bits per heavy atom. The molecule has 104 valence electrons. The van der Waals surface area contributed by atoms with E-state index >= 15 is 0 Å². The molecule has 19 heavy (non-hydrogen) atoms. The van der Waals surface area contributed by atoms with Crippen molar-refractivity contribution in [1.29, 1.82) is 0 Å². The Morgan fingerprint density at radius 2 is 1.89 bits per heavy atom. The van der Waals surface area contributed by atoms with Crippen LogP contribution in [0.5, 0.6) is 0 Å². The van der Waals surface area contributed by atoms with Gasteiger partial charge in [0, 0.05) is 0 Å². The Labute approximate surface area is 111 Å². The molecule has 0 unspecified atom stereocenters. The Hall–Kier alpha value is -1.92. The van der Waals surface area contributed by atoms with E-state index in [1.165, 1.54) is 0 Å². The molecule has 2 atom stereocenters. The van der Waals surface area contributed by atoms with Crippen LogP contribution >= 0.6 is 0 Å². The quantitative estimate of drug-likeness (QED) is 0.527. The Bertz CT molecular complexity index is 422. The number of aliphatic carboxylic acids is 1. The molecule has 0 aliphatic rings. The molecule has 0 saturated carbocycles. The summed E-state index contributed by atoms with van der Waals surface area (Å²) in [5.41, 5.74) is 0.845. The predicted octanol–water partition coefficient (Wildman–Crippen LogP) is -0.621. The van der Waals surface area contributed by atoms with Crippen molar-refractivity contribution in [2.45, 2.75) is 18.6 Å². The van der Waals surface area contributed by atoms with Gasteiger partial charge < -0.3 is 20.8 Å². The fourth-order valence-corrected chi connectivity index (χ4v) is 1.70. The van der Waals surface area contributed by atoms with Gasteiger partial charge in [0.05, 0.1) is 12.6 Å². The minimum Gasteiger partial charge on any atom is -0.479 e. The molecule has 1 amide bonds. The first-order chi connectivity index (χ1) is 9.04. The van der Waals surface area contributed by atoms with Crippen LogP contribution in [-0.2, 0) is 16.0 Å². The molecule has 0 fully saturated rings. The molecule has 0 heterocycles. The van der Waals surface area contributed by atoms with Crippen LogP contribution in [0, 0.1) is 0 Å². The van der Waals surface area contributed by atoms with Gasteiger partial charge >= 0.3 is 5.97 Å². The second-order valence-electron chi connectivity index (χ2n) is 4.18. The summed E-state index contributed by atoms with van der Waals surface area (Å²) in [6.07, 6.45) is -1.38. The highest BCUT2D eigenvalue weighted by Gasteiger charge is 2.27. The van der Waals surface area contributed by atoms with Crippen molar-refractivity contribution < 1.29 is 19.8 Å². The van der Waals surface area contributed by atoms with Gasteiger partial charge in [-0.1, -0.05) is 30.3 Å². The number of carboxylic acid groups (broad SMARTS) is 1. The number of carbonyl (C=O) groups excluding carboxylic acids is 1. The first-order valence-corrected chi connectivity index (χ1v) is 5.93. The van der Waals surface area contributed by atoms with Gasteiger partial charge in [-0.15, -0.1) is 0 Å². The van der Waals surface area contributed by atoms with Crippen LogP contribution in [0.3, 0.4) is 0 Å². The van der Waals surface area contributed by atoms with Gasteiger partial charge in [0.1, 0.15) is 0 Å². The molecule has 0 aromatic heterocycles. The van der Waals surface area contributed by atoms with E-state index in [4.69, 9.17) is 5.11 Å². The van der Waals surface area contributed by atoms with Crippen LogP contribution in [0.25, 0.3) is 0 Å². The number of carbonyl (C=O) groups is 2. The summed E-state index contributed by atoms with van der Waals surface area (Å²) in [5, 5.41) is 23.7. The number of hydrogen-bond acceptors (Lipinski definition) is 4. The van der Waals surface area contributed by atoms with Gasteiger partial charge in [0.2, 0.25) is 5.91 Å². The van der Waals surface area contributed by atoms with Gasteiger partial charge in [-0.2, -0.15) is 0 Å². The van der Waals surface area contributed by atoms with Crippen LogP contribution in [0.1, 0.15) is 5.56 Å². The van der Waals surface area contributed by atoms with Crippen molar-refractivity contribution in [3.05, 3.63) is 35.9 Å². The molecule has 6 nitrogen and oxygen atoms in total. The van der Waals surface area contributed by atoms with E-state index in [1.807, 2.05) is 30.3 Å². The number of amides is 1. The lowest BCUT2D eigenvalue weighted by Crippen LogP contribution is -2.50. The fraction of sp³-hybridized carbons (Fsp3) is 0.385. The molecule has 0 aliphatic carbocycles. The maximum absolute atomic E-state index is 11.5. The third-order valence-corrected chi connectivity index (χ3v) is 2.62. The lowest BCUT2D eigenvalue weighted by Gasteiger charge is -2.21. The molecule has 0 bridgehead atoms. The first-order valence-electron chi connectivity index (χ1n) is 5.93. The minimum absolute atomic E-state index is 0.0671. The normalized spacial score (nSPS) is 13.6. The topological polar surface area (TPSA) is 98.7 Å². The maximum atomic E-state index is 11.5. The highest BCUT2D eigenvalue weighted by Crippen LogP contribution is 2.06. The predicted molar refractivity (Wildman–Crippen MR) is 69.6 cm³/mol. The van der Waals surface area contributed by atoms with Gasteiger partial charge in [-0.05, 0) is 19.0 Å². The molecule has 0 aliphatic heterocycles. The lowest BCUT2D eigenvalue weighted by molar-refractivity contribution is -0.148. The molecule has 6 heteroatoms. The highest BCUT2D eigenvalue weighted by molar-refractivity contribution is 5.80. The van der Waals surface area contributed by atoms with Crippen LogP contribution in [0.15, 0.2) is 30.3 Å². The van der Waals surface area contributed by atoms with E-state index in [0.717, 1.165) is 5.56 Å². The van der Waals surface area contributed by atoms with Crippen LogP contribution in [0.4, 0.5) is 0 Å². The molecule has 1 aromatic carbocycles. The zero-order chi connectivity index (χ0) is 14.3. The van der Waals surface area contributed by atoms with Gasteiger partial charge in [0.25, 0.3) is 0 Å². The third-order valence-electron chi connectivity index (χ3n) is 2.62. The number of aliphatic hydroxyl groups is 1. The maximum Gasteiger partial charge on any atom is 0.334 e. The Morgan fingerprint density at radius 3 is 2.42 bits per heavy atom. The Kier molecular flexibility index (Phi) is 5.98. The lowest BCUT2D eigenvalue weighted by atomic mass is 10.0. The van der Waals surface area contributed by atoms with Gasteiger partial charge in [0.15, 0.2) is 6.10 Å². The van der Waals surface area contributed by atoms with Crippen LogP contribution < -0.4 is 10.6 Å². The van der Waals surface area contributed by atoms with Crippen LogP contribution in [0.2, 0.25) is 0 Å². The summed E-state index contributed by atoms with van der Waals surface area (Å²) < 4.78 is 0. The van der Waals surface area contributed by atoms with E-state index in [9.17, 15) is 14.7 Å². The summed E-state index contributed by atoms with van der Waals surface area (Å²) in [4.78, 5) is 22.3. The average molecular weight is 266 g/mol. The minimum atomic E-state index is -1.64. The van der Waals surface area contributed by atoms with Crippen molar-refractivity contribution in [2.75, 3.05) is 13.6 Å². The van der Waals surface area contributed by atoms with E-state index in [2.05, 4.69) is 10.6 Å². The fourth-order valence-electron chi connectivity index (χ4n) is 1.70. The van der Waals surface area contributed by atoms with Gasteiger partial charge in [-0.3, -0.25) is 4.79 Å². The highest BCUT2D eigenvalue weighted by atomic mass is 16.4. The molecule has 1 aromatic rings. The molecule has 1 rings (SSSR count). The second kappa shape index (κ2) is 7.50. The third kappa shape index (κ3) is 5.07. The smallest absolute Gasteiger partial charge is 0.334 e. The SMILES string of the molecule is CNCC(=O)N[C@H](Cc1ccccc1)[C@H](O)C(=O)O. The molecule has 0 radical (unpaired) electrons. The van der Waals surface area contributed by atoms with Crippen molar-refractivity contribution in [1.82, 2.24) is 10.6 Å². The zero-order valence-corrected chi connectivity index (χ0v) is 10.7. The van der Waals surface area contributed by atoms with Crippen molar-refractivity contribution in [3.63, 3.8) is 0 Å². The number of nitrogens with one attached hydrogen (secondary N) is 2. The number of likely N-dealkylation sites (N-methyl/N-ethyl adjacent to an activating group) is 1. The van der Waals surface area contributed by atoms with Gasteiger partial charge in [-0.25, -0.2) is 4.79 Å². The van der Waals surface area contributed by atoms with Crippen molar-refractivity contribution in [3.8, 4) is 0 Å². The summed E-state index contributed by atoms with van der Waals surface area (Å²) >= 11 is 0. The summed E-state index contributed by atoms with van der Waals surface area (Å²) in [6.45, 7) is 0.0671. The standard InChI is InChI=1S/C13H18N2O4/c1-14-8-11(16)15-10(12(17)13(18)19)7-9-5-3-2-4-6-9/h2-6,10,12,14,17H,7-8H2,1H3,(H,15,16)(H,18,19)/t10-,12+/m1/s1. The molecular formula is C13H18N2O4. The molecular weight excluding hydrogens is 248 g/mol. The first kappa shape index (κ1) is 15.1.